The lowest BCUT2D eigenvalue weighted by Gasteiger charge is -2.26. The topological polar surface area (TPSA) is 70.7 Å². The summed E-state index contributed by atoms with van der Waals surface area (Å²) in [5.74, 6) is 0.708. The van der Waals surface area contributed by atoms with Gasteiger partial charge in [-0.1, -0.05) is 36.4 Å². The van der Waals surface area contributed by atoms with E-state index in [1.54, 1.807) is 4.90 Å². The Kier molecular flexibility index (Phi) is 6.89. The molecule has 0 saturated carbocycles. The Balaban J connectivity index is 1.49. The number of ether oxygens (including phenoxy) is 1. The van der Waals surface area contributed by atoms with Gasteiger partial charge in [-0.05, 0) is 37.5 Å². The normalized spacial score (nSPS) is 16.8. The molecule has 1 saturated heterocycles. The van der Waals surface area contributed by atoms with Crippen LogP contribution in [-0.2, 0) is 11.2 Å². The van der Waals surface area contributed by atoms with Crippen molar-refractivity contribution >= 4 is 17.6 Å². The van der Waals surface area contributed by atoms with Crippen LogP contribution in [0.4, 0.5) is 10.5 Å². The molecular formula is C22H27N3O3. The van der Waals surface area contributed by atoms with Crippen molar-refractivity contribution in [3.05, 3.63) is 60.2 Å². The molecule has 1 aliphatic heterocycles. The average molecular weight is 381 g/mol. The first-order chi connectivity index (χ1) is 13.6. The van der Waals surface area contributed by atoms with E-state index in [2.05, 4.69) is 22.8 Å². The maximum Gasteiger partial charge on any atom is 0.322 e. The van der Waals surface area contributed by atoms with Crippen molar-refractivity contribution in [2.75, 3.05) is 25.0 Å². The fraction of sp³-hybridized carbons (Fsp3) is 0.364. The summed E-state index contributed by atoms with van der Waals surface area (Å²) in [4.78, 5) is 25.8. The summed E-state index contributed by atoms with van der Waals surface area (Å²) in [5, 5.41) is 5.72. The molecule has 2 N–H and O–H groups in total. The van der Waals surface area contributed by atoms with Gasteiger partial charge in [0.1, 0.15) is 5.75 Å². The van der Waals surface area contributed by atoms with E-state index in [1.165, 1.54) is 5.56 Å². The van der Waals surface area contributed by atoms with Gasteiger partial charge in [0.15, 0.2) is 0 Å². The highest BCUT2D eigenvalue weighted by atomic mass is 16.5. The van der Waals surface area contributed by atoms with Crippen LogP contribution in [0, 0.1) is 0 Å². The molecule has 2 aromatic carbocycles. The second-order valence-corrected chi connectivity index (χ2v) is 6.99. The molecule has 1 atom stereocenters. The lowest BCUT2D eigenvalue weighted by atomic mass is 10.1. The smallest absolute Gasteiger partial charge is 0.322 e. The van der Waals surface area contributed by atoms with Crippen LogP contribution in [0.15, 0.2) is 54.6 Å². The van der Waals surface area contributed by atoms with Gasteiger partial charge in [0.05, 0.1) is 6.61 Å². The van der Waals surface area contributed by atoms with Crippen molar-refractivity contribution < 1.29 is 14.3 Å². The summed E-state index contributed by atoms with van der Waals surface area (Å²) in [6.45, 7) is 3.42. The van der Waals surface area contributed by atoms with Gasteiger partial charge in [-0.15, -0.1) is 0 Å². The summed E-state index contributed by atoms with van der Waals surface area (Å²) >= 11 is 0. The number of rotatable bonds is 6. The minimum atomic E-state index is -0.203. The number of benzene rings is 2. The van der Waals surface area contributed by atoms with Crippen LogP contribution in [0.1, 0.15) is 25.3 Å². The van der Waals surface area contributed by atoms with Crippen molar-refractivity contribution in [3.63, 3.8) is 0 Å². The van der Waals surface area contributed by atoms with E-state index in [1.807, 2.05) is 49.4 Å². The van der Waals surface area contributed by atoms with Crippen molar-refractivity contribution in [2.45, 2.75) is 32.2 Å². The van der Waals surface area contributed by atoms with Crippen molar-refractivity contribution in [3.8, 4) is 5.75 Å². The first-order valence-electron chi connectivity index (χ1n) is 9.73. The highest BCUT2D eigenvalue weighted by molar-refractivity contribution is 5.90. The van der Waals surface area contributed by atoms with Crippen LogP contribution in [0.25, 0.3) is 0 Å². The summed E-state index contributed by atoms with van der Waals surface area (Å²) in [6.07, 6.45) is 2.21. The van der Waals surface area contributed by atoms with Crippen LogP contribution in [-0.4, -0.2) is 42.6 Å². The minimum Gasteiger partial charge on any atom is -0.494 e. The van der Waals surface area contributed by atoms with Crippen LogP contribution in [0.2, 0.25) is 0 Å². The van der Waals surface area contributed by atoms with Crippen LogP contribution in [0.3, 0.4) is 0 Å². The Morgan fingerprint density at radius 3 is 2.86 bits per heavy atom. The minimum absolute atomic E-state index is 0.0203. The van der Waals surface area contributed by atoms with E-state index >= 15 is 0 Å². The molecule has 3 rings (SSSR count). The fourth-order valence-electron chi connectivity index (χ4n) is 3.17. The molecule has 0 radical (unpaired) electrons. The number of anilines is 1. The predicted molar refractivity (Wildman–Crippen MR) is 110 cm³/mol. The standard InChI is InChI=1S/C22H27N3O3/c1-17-16-23-21(26)12-13-25(17)22(27)24-19-10-5-11-20(15-19)28-14-6-9-18-7-3-2-4-8-18/h2-5,7-8,10-11,15,17H,6,9,12-14,16H2,1H3,(H,23,26)(H,24,27)/t17-/m0/s1. The third-order valence-electron chi connectivity index (χ3n) is 4.77. The molecular weight excluding hydrogens is 354 g/mol. The summed E-state index contributed by atoms with van der Waals surface area (Å²) in [7, 11) is 0. The number of hydrogen-bond donors (Lipinski definition) is 2. The lowest BCUT2D eigenvalue weighted by Crippen LogP contribution is -2.44. The number of nitrogens with one attached hydrogen (secondary N) is 2. The molecule has 148 valence electrons. The molecule has 6 heteroatoms. The fourth-order valence-corrected chi connectivity index (χ4v) is 3.17. The van der Waals surface area contributed by atoms with E-state index in [-0.39, 0.29) is 18.0 Å². The highest BCUT2D eigenvalue weighted by Crippen LogP contribution is 2.19. The highest BCUT2D eigenvalue weighted by Gasteiger charge is 2.24. The van der Waals surface area contributed by atoms with E-state index in [0.717, 1.165) is 18.6 Å². The molecule has 1 fully saturated rings. The van der Waals surface area contributed by atoms with Gasteiger partial charge in [-0.3, -0.25) is 4.79 Å². The van der Waals surface area contributed by atoms with Crippen molar-refractivity contribution in [2.24, 2.45) is 0 Å². The number of amides is 3. The molecule has 0 aliphatic carbocycles. The number of hydrogen-bond acceptors (Lipinski definition) is 3. The van der Waals surface area contributed by atoms with E-state index < -0.39 is 0 Å². The summed E-state index contributed by atoms with van der Waals surface area (Å²) in [6, 6.07) is 17.5. The Hall–Kier alpha value is -3.02. The summed E-state index contributed by atoms with van der Waals surface area (Å²) in [5.41, 5.74) is 1.98. The molecule has 0 aromatic heterocycles. The molecule has 0 unspecified atom stereocenters. The quantitative estimate of drug-likeness (QED) is 0.753. The van der Waals surface area contributed by atoms with Crippen LogP contribution in [0.5, 0.6) is 5.75 Å². The Bertz CT molecular complexity index is 795. The molecule has 1 heterocycles. The molecule has 6 nitrogen and oxygen atoms in total. The van der Waals surface area contributed by atoms with Crippen LogP contribution < -0.4 is 15.4 Å². The molecule has 28 heavy (non-hydrogen) atoms. The summed E-state index contributed by atoms with van der Waals surface area (Å²) < 4.78 is 5.83. The van der Waals surface area contributed by atoms with Crippen LogP contribution >= 0.6 is 0 Å². The van der Waals surface area contributed by atoms with Gasteiger partial charge in [0.2, 0.25) is 5.91 Å². The molecule has 0 spiro atoms. The second kappa shape index (κ2) is 9.78. The Labute approximate surface area is 165 Å². The SMILES string of the molecule is C[C@H]1CNC(=O)CCN1C(=O)Nc1cccc(OCCCc2ccccc2)c1. The first-order valence-corrected chi connectivity index (χ1v) is 9.73. The maximum atomic E-state index is 12.6. The zero-order valence-electron chi connectivity index (χ0n) is 16.2. The lowest BCUT2D eigenvalue weighted by molar-refractivity contribution is -0.120. The zero-order chi connectivity index (χ0) is 19.8. The van der Waals surface area contributed by atoms with Gasteiger partial charge in [0, 0.05) is 37.3 Å². The number of carbonyl (C=O) groups is 2. The van der Waals surface area contributed by atoms with E-state index in [9.17, 15) is 9.59 Å². The molecule has 3 amide bonds. The number of carbonyl (C=O) groups excluding carboxylic acids is 2. The van der Waals surface area contributed by atoms with Crippen molar-refractivity contribution in [1.82, 2.24) is 10.2 Å². The predicted octanol–water partition coefficient (Wildman–Crippen LogP) is 3.44. The number of aryl methyl sites for hydroxylation is 1. The van der Waals surface area contributed by atoms with Crippen molar-refractivity contribution in [1.29, 1.82) is 0 Å². The van der Waals surface area contributed by atoms with Gasteiger partial charge < -0.3 is 20.3 Å². The second-order valence-electron chi connectivity index (χ2n) is 6.99. The molecule has 2 aromatic rings. The Morgan fingerprint density at radius 2 is 2.04 bits per heavy atom. The maximum absolute atomic E-state index is 12.6. The van der Waals surface area contributed by atoms with Gasteiger partial charge in [-0.2, -0.15) is 0 Å². The third kappa shape index (κ3) is 5.74. The van der Waals surface area contributed by atoms with Gasteiger partial charge >= 0.3 is 6.03 Å². The van der Waals surface area contributed by atoms with Gasteiger partial charge in [0.25, 0.3) is 0 Å². The Morgan fingerprint density at radius 1 is 1.21 bits per heavy atom. The molecule has 1 aliphatic rings. The third-order valence-corrected chi connectivity index (χ3v) is 4.77. The first kappa shape index (κ1) is 19.7. The monoisotopic (exact) mass is 381 g/mol. The van der Waals surface area contributed by atoms with Gasteiger partial charge in [-0.25, -0.2) is 4.79 Å². The molecule has 0 bridgehead atoms. The van der Waals surface area contributed by atoms with E-state index in [0.29, 0.717) is 31.8 Å². The number of nitrogens with zero attached hydrogens (tertiary/aromatic N) is 1. The average Bonchev–Trinajstić information content (AvgIpc) is 2.87. The zero-order valence-corrected chi connectivity index (χ0v) is 16.2. The largest absolute Gasteiger partial charge is 0.494 e. The van der Waals surface area contributed by atoms with E-state index in [4.69, 9.17) is 4.74 Å². The number of urea groups is 1.